The molecule has 0 unspecified atom stereocenters. The summed E-state index contributed by atoms with van der Waals surface area (Å²) < 4.78 is 0. The van der Waals surface area contributed by atoms with Gasteiger partial charge >= 0.3 is 0 Å². The SMILES string of the molecule is CC(C)(C)Nc1nc(Cl)nc(NC2CCCC2)n1. The van der Waals surface area contributed by atoms with Crippen molar-refractivity contribution in [1.29, 1.82) is 0 Å². The van der Waals surface area contributed by atoms with Crippen LogP contribution in [0, 0.1) is 0 Å². The van der Waals surface area contributed by atoms with Crippen LogP contribution in [0.25, 0.3) is 0 Å². The zero-order valence-electron chi connectivity index (χ0n) is 11.1. The van der Waals surface area contributed by atoms with Crippen molar-refractivity contribution in [3.05, 3.63) is 5.28 Å². The highest BCUT2D eigenvalue weighted by atomic mass is 35.5. The van der Waals surface area contributed by atoms with E-state index in [9.17, 15) is 0 Å². The summed E-state index contributed by atoms with van der Waals surface area (Å²) in [5, 5.41) is 6.74. The molecule has 18 heavy (non-hydrogen) atoms. The van der Waals surface area contributed by atoms with Gasteiger partial charge in [-0.3, -0.25) is 0 Å². The average Bonchev–Trinajstić information content (AvgIpc) is 2.66. The van der Waals surface area contributed by atoms with Gasteiger partial charge in [-0.05, 0) is 45.2 Å². The number of hydrogen-bond donors (Lipinski definition) is 2. The smallest absolute Gasteiger partial charge is 0.229 e. The summed E-state index contributed by atoms with van der Waals surface area (Å²) in [5.74, 6) is 1.08. The number of anilines is 2. The Morgan fingerprint density at radius 1 is 1.06 bits per heavy atom. The predicted molar refractivity (Wildman–Crippen MR) is 74.1 cm³/mol. The van der Waals surface area contributed by atoms with Crippen LogP contribution in [-0.4, -0.2) is 26.5 Å². The number of hydrogen-bond acceptors (Lipinski definition) is 5. The highest BCUT2D eigenvalue weighted by molar-refractivity contribution is 6.28. The van der Waals surface area contributed by atoms with Gasteiger partial charge in [0.25, 0.3) is 0 Å². The van der Waals surface area contributed by atoms with Crippen LogP contribution < -0.4 is 10.6 Å². The standard InChI is InChI=1S/C12H20ClN5/c1-12(2,3)18-11-16-9(13)15-10(17-11)14-8-6-4-5-7-8/h8H,4-7H2,1-3H3,(H2,14,15,16,17,18). The van der Waals surface area contributed by atoms with Crippen LogP contribution in [0.1, 0.15) is 46.5 Å². The monoisotopic (exact) mass is 269 g/mol. The molecule has 6 heteroatoms. The molecule has 1 aliphatic rings. The maximum Gasteiger partial charge on any atom is 0.229 e. The van der Waals surface area contributed by atoms with Crippen molar-refractivity contribution in [2.45, 2.75) is 58.0 Å². The Kier molecular flexibility index (Phi) is 3.90. The molecule has 1 aromatic rings. The maximum absolute atomic E-state index is 5.92. The molecule has 2 rings (SSSR count). The highest BCUT2D eigenvalue weighted by Gasteiger charge is 2.18. The van der Waals surface area contributed by atoms with Gasteiger partial charge in [-0.25, -0.2) is 0 Å². The van der Waals surface area contributed by atoms with Crippen molar-refractivity contribution in [3.8, 4) is 0 Å². The first-order valence-electron chi connectivity index (χ1n) is 6.39. The Hall–Kier alpha value is -1.10. The van der Waals surface area contributed by atoms with Crippen molar-refractivity contribution in [2.75, 3.05) is 10.6 Å². The molecule has 1 aromatic heterocycles. The lowest BCUT2D eigenvalue weighted by atomic mass is 10.1. The fourth-order valence-electron chi connectivity index (χ4n) is 2.06. The Balaban J connectivity index is 2.10. The van der Waals surface area contributed by atoms with E-state index in [1.54, 1.807) is 0 Å². The van der Waals surface area contributed by atoms with Crippen LogP contribution in [-0.2, 0) is 0 Å². The van der Waals surface area contributed by atoms with Gasteiger partial charge in [0.05, 0.1) is 0 Å². The van der Waals surface area contributed by atoms with Crippen molar-refractivity contribution in [2.24, 2.45) is 0 Å². The molecule has 0 spiro atoms. The fraction of sp³-hybridized carbons (Fsp3) is 0.750. The van der Waals surface area contributed by atoms with E-state index >= 15 is 0 Å². The molecule has 1 saturated carbocycles. The summed E-state index contributed by atoms with van der Waals surface area (Å²) in [7, 11) is 0. The fourth-order valence-corrected chi connectivity index (χ4v) is 2.22. The summed E-state index contributed by atoms with van der Waals surface area (Å²) in [5.41, 5.74) is -0.102. The quantitative estimate of drug-likeness (QED) is 0.883. The molecule has 0 aromatic carbocycles. The van der Waals surface area contributed by atoms with Crippen molar-refractivity contribution < 1.29 is 0 Å². The normalized spacial score (nSPS) is 16.9. The molecule has 0 bridgehead atoms. The Morgan fingerprint density at radius 2 is 1.67 bits per heavy atom. The van der Waals surface area contributed by atoms with Crippen LogP contribution in [0.5, 0.6) is 0 Å². The molecule has 0 radical (unpaired) electrons. The largest absolute Gasteiger partial charge is 0.351 e. The van der Waals surface area contributed by atoms with Gasteiger partial charge in [-0.1, -0.05) is 12.8 Å². The number of aromatic nitrogens is 3. The van der Waals surface area contributed by atoms with Crippen LogP contribution in [0.4, 0.5) is 11.9 Å². The first-order valence-corrected chi connectivity index (χ1v) is 6.76. The molecule has 100 valence electrons. The Labute approximate surface area is 113 Å². The molecule has 2 N–H and O–H groups in total. The van der Waals surface area contributed by atoms with E-state index in [-0.39, 0.29) is 10.8 Å². The third-order valence-corrected chi connectivity index (χ3v) is 2.95. The molecule has 0 saturated heterocycles. The van der Waals surface area contributed by atoms with Gasteiger partial charge in [-0.15, -0.1) is 0 Å². The molecule has 0 amide bonds. The lowest BCUT2D eigenvalue weighted by Gasteiger charge is -2.21. The van der Waals surface area contributed by atoms with Gasteiger partial charge in [-0.2, -0.15) is 15.0 Å². The van der Waals surface area contributed by atoms with Gasteiger partial charge in [0.15, 0.2) is 0 Å². The zero-order valence-corrected chi connectivity index (χ0v) is 11.9. The topological polar surface area (TPSA) is 62.7 Å². The second-order valence-corrected chi connectivity index (χ2v) is 6.09. The van der Waals surface area contributed by atoms with E-state index in [0.717, 1.165) is 0 Å². The third-order valence-electron chi connectivity index (χ3n) is 2.78. The molecule has 5 nitrogen and oxygen atoms in total. The number of rotatable bonds is 3. The zero-order chi connectivity index (χ0) is 13.2. The van der Waals surface area contributed by atoms with Gasteiger partial charge in [0.1, 0.15) is 0 Å². The Morgan fingerprint density at radius 3 is 2.28 bits per heavy atom. The summed E-state index contributed by atoms with van der Waals surface area (Å²) in [6.45, 7) is 6.15. The van der Waals surface area contributed by atoms with Crippen LogP contribution in [0.3, 0.4) is 0 Å². The summed E-state index contributed by atoms with van der Waals surface area (Å²) in [4.78, 5) is 12.6. The van der Waals surface area contributed by atoms with Crippen molar-refractivity contribution in [1.82, 2.24) is 15.0 Å². The van der Waals surface area contributed by atoms with Gasteiger partial charge < -0.3 is 10.6 Å². The average molecular weight is 270 g/mol. The highest BCUT2D eigenvalue weighted by Crippen LogP contribution is 2.22. The van der Waals surface area contributed by atoms with Crippen molar-refractivity contribution in [3.63, 3.8) is 0 Å². The Bertz CT molecular complexity index is 409. The van der Waals surface area contributed by atoms with E-state index in [0.29, 0.717) is 17.9 Å². The summed E-state index contributed by atoms with van der Waals surface area (Å²) in [6.07, 6.45) is 4.88. The van der Waals surface area contributed by atoms with E-state index in [1.165, 1.54) is 25.7 Å². The number of halogens is 1. The minimum atomic E-state index is -0.102. The molecule has 1 heterocycles. The third kappa shape index (κ3) is 3.98. The second kappa shape index (κ2) is 5.26. The van der Waals surface area contributed by atoms with Crippen LogP contribution in [0.15, 0.2) is 0 Å². The minimum Gasteiger partial charge on any atom is -0.351 e. The predicted octanol–water partition coefficient (Wildman–Crippen LogP) is 3.09. The molecular weight excluding hydrogens is 250 g/mol. The van der Waals surface area contributed by atoms with E-state index < -0.39 is 0 Å². The van der Waals surface area contributed by atoms with E-state index in [1.807, 2.05) is 0 Å². The minimum absolute atomic E-state index is 0.102. The van der Waals surface area contributed by atoms with Crippen LogP contribution in [0.2, 0.25) is 5.28 Å². The first-order chi connectivity index (χ1) is 8.42. The first kappa shape index (κ1) is 13.3. The summed E-state index contributed by atoms with van der Waals surface area (Å²) >= 11 is 5.92. The lowest BCUT2D eigenvalue weighted by molar-refractivity contribution is 0.624. The maximum atomic E-state index is 5.92. The van der Waals surface area contributed by atoms with Gasteiger partial charge in [0, 0.05) is 11.6 Å². The molecule has 1 aliphatic carbocycles. The number of nitrogens with one attached hydrogen (secondary N) is 2. The molecule has 1 fully saturated rings. The van der Waals surface area contributed by atoms with E-state index in [4.69, 9.17) is 11.6 Å². The van der Waals surface area contributed by atoms with Crippen LogP contribution >= 0.6 is 11.6 Å². The van der Waals surface area contributed by atoms with E-state index in [2.05, 4.69) is 46.4 Å². The van der Waals surface area contributed by atoms with Gasteiger partial charge in [0.2, 0.25) is 17.2 Å². The number of nitrogens with zero attached hydrogens (tertiary/aromatic N) is 3. The van der Waals surface area contributed by atoms with Crippen molar-refractivity contribution >= 4 is 23.5 Å². The second-order valence-electron chi connectivity index (χ2n) is 5.75. The molecule has 0 atom stereocenters. The summed E-state index contributed by atoms with van der Waals surface area (Å²) in [6, 6.07) is 0.464. The molecular formula is C12H20ClN5. The molecule has 0 aliphatic heterocycles. The lowest BCUT2D eigenvalue weighted by Crippen LogP contribution is -2.28.